The van der Waals surface area contributed by atoms with Crippen LogP contribution < -0.4 is 0 Å². The van der Waals surface area contributed by atoms with Gasteiger partial charge in [-0.2, -0.15) is 13.2 Å². The summed E-state index contributed by atoms with van der Waals surface area (Å²) in [5.41, 5.74) is -1.21. The van der Waals surface area contributed by atoms with Crippen molar-refractivity contribution in [2.75, 3.05) is 0 Å². The molecule has 0 aliphatic heterocycles. The third-order valence-electron chi connectivity index (χ3n) is 2.41. The molecule has 0 amide bonds. The van der Waals surface area contributed by atoms with Gasteiger partial charge in [-0.1, -0.05) is 0 Å². The Hall–Kier alpha value is -2.44. The van der Waals surface area contributed by atoms with Gasteiger partial charge in [-0.3, -0.25) is 4.98 Å². The number of pyridine rings is 2. The Bertz CT molecular complexity index is 612. The number of hydrogen-bond donors (Lipinski definition) is 1. The van der Waals surface area contributed by atoms with Crippen molar-refractivity contribution >= 4 is 5.97 Å². The molecule has 7 heteroatoms. The lowest BCUT2D eigenvalue weighted by Crippen LogP contribution is -2.10. The second-order valence-electron chi connectivity index (χ2n) is 3.66. The molecule has 0 aliphatic carbocycles. The second-order valence-corrected chi connectivity index (χ2v) is 3.66. The number of rotatable bonds is 2. The highest BCUT2D eigenvalue weighted by Gasteiger charge is 2.32. The SMILES string of the molecule is O=C(O)c1ncc(C(F)(F)F)cc1-c1ccncc1. The van der Waals surface area contributed by atoms with Crippen LogP contribution in [0.15, 0.2) is 36.8 Å². The van der Waals surface area contributed by atoms with Gasteiger partial charge in [-0.25, -0.2) is 9.78 Å². The molecule has 2 aromatic heterocycles. The minimum atomic E-state index is -4.58. The highest BCUT2D eigenvalue weighted by atomic mass is 19.4. The van der Waals surface area contributed by atoms with Crippen molar-refractivity contribution in [2.24, 2.45) is 0 Å². The molecule has 0 bridgehead atoms. The van der Waals surface area contributed by atoms with E-state index in [1.807, 2.05) is 0 Å². The van der Waals surface area contributed by atoms with Gasteiger partial charge in [0.25, 0.3) is 0 Å². The number of nitrogens with zero attached hydrogens (tertiary/aromatic N) is 2. The molecule has 0 unspecified atom stereocenters. The quantitative estimate of drug-likeness (QED) is 0.909. The molecule has 0 spiro atoms. The number of alkyl halides is 3. The zero-order valence-corrected chi connectivity index (χ0v) is 9.35. The number of aromatic nitrogens is 2. The predicted octanol–water partition coefficient (Wildman–Crippen LogP) is 2.86. The van der Waals surface area contributed by atoms with Crippen molar-refractivity contribution in [1.29, 1.82) is 0 Å². The largest absolute Gasteiger partial charge is 0.476 e. The minimum absolute atomic E-state index is 0.0928. The second kappa shape index (κ2) is 4.68. The first-order valence-corrected chi connectivity index (χ1v) is 5.10. The Balaban J connectivity index is 2.65. The Morgan fingerprint density at radius 2 is 1.84 bits per heavy atom. The van der Waals surface area contributed by atoms with Crippen molar-refractivity contribution in [1.82, 2.24) is 9.97 Å². The van der Waals surface area contributed by atoms with Gasteiger partial charge in [-0.15, -0.1) is 0 Å². The van der Waals surface area contributed by atoms with Gasteiger partial charge >= 0.3 is 12.1 Å². The number of carboxylic acid groups (broad SMARTS) is 1. The van der Waals surface area contributed by atoms with Crippen LogP contribution in [-0.4, -0.2) is 21.0 Å². The standard InChI is InChI=1S/C12H7F3N2O2/c13-12(14,15)8-5-9(7-1-3-16-4-2-7)10(11(18)19)17-6-8/h1-6H,(H,18,19). The van der Waals surface area contributed by atoms with E-state index in [1.165, 1.54) is 24.5 Å². The summed E-state index contributed by atoms with van der Waals surface area (Å²) in [6.07, 6.45) is -1.34. The van der Waals surface area contributed by atoms with Crippen molar-refractivity contribution in [2.45, 2.75) is 6.18 Å². The Labute approximate surface area is 105 Å². The van der Waals surface area contributed by atoms with E-state index in [-0.39, 0.29) is 5.56 Å². The van der Waals surface area contributed by atoms with Gasteiger partial charge in [0.05, 0.1) is 5.56 Å². The zero-order valence-electron chi connectivity index (χ0n) is 9.35. The van der Waals surface area contributed by atoms with Gasteiger partial charge < -0.3 is 5.11 Å². The first-order chi connectivity index (χ1) is 8.89. The van der Waals surface area contributed by atoms with E-state index in [2.05, 4.69) is 9.97 Å². The molecule has 19 heavy (non-hydrogen) atoms. The average molecular weight is 268 g/mol. The summed E-state index contributed by atoms with van der Waals surface area (Å²) in [5, 5.41) is 8.96. The number of hydrogen-bond acceptors (Lipinski definition) is 3. The molecule has 0 saturated heterocycles. The van der Waals surface area contributed by atoms with Crippen LogP contribution in [-0.2, 0) is 6.18 Å². The van der Waals surface area contributed by atoms with Crippen LogP contribution in [0.1, 0.15) is 16.1 Å². The average Bonchev–Trinajstić information content (AvgIpc) is 2.38. The maximum atomic E-state index is 12.6. The summed E-state index contributed by atoms with van der Waals surface area (Å²) < 4.78 is 37.8. The van der Waals surface area contributed by atoms with E-state index >= 15 is 0 Å². The maximum absolute atomic E-state index is 12.6. The van der Waals surface area contributed by atoms with Crippen LogP contribution in [0, 0.1) is 0 Å². The Kier molecular flexibility index (Phi) is 3.20. The summed E-state index contributed by atoms with van der Waals surface area (Å²) in [5.74, 6) is -1.39. The first kappa shape index (κ1) is 13.0. The Morgan fingerprint density at radius 1 is 1.21 bits per heavy atom. The topological polar surface area (TPSA) is 63.1 Å². The highest BCUT2D eigenvalue weighted by Crippen LogP contribution is 2.32. The van der Waals surface area contributed by atoms with Crippen LogP contribution in [0.2, 0.25) is 0 Å². The van der Waals surface area contributed by atoms with Gasteiger partial charge in [0.2, 0.25) is 0 Å². The molecule has 0 aliphatic rings. The number of carbonyl (C=O) groups is 1. The van der Waals surface area contributed by atoms with Crippen molar-refractivity contribution < 1.29 is 23.1 Å². The minimum Gasteiger partial charge on any atom is -0.476 e. The van der Waals surface area contributed by atoms with E-state index in [9.17, 15) is 18.0 Å². The normalized spacial score (nSPS) is 11.3. The maximum Gasteiger partial charge on any atom is 0.417 e. The summed E-state index contributed by atoms with van der Waals surface area (Å²) >= 11 is 0. The molecule has 4 nitrogen and oxygen atoms in total. The lowest BCUT2D eigenvalue weighted by Gasteiger charge is -2.10. The molecule has 0 radical (unpaired) electrons. The number of halogens is 3. The summed E-state index contributed by atoms with van der Waals surface area (Å²) in [6, 6.07) is 3.61. The van der Waals surface area contributed by atoms with Crippen LogP contribution in [0.25, 0.3) is 11.1 Å². The van der Waals surface area contributed by atoms with Crippen LogP contribution in [0.5, 0.6) is 0 Å². The van der Waals surface area contributed by atoms with Gasteiger partial charge in [0.15, 0.2) is 5.69 Å². The molecule has 0 aromatic carbocycles. The van der Waals surface area contributed by atoms with Gasteiger partial charge in [0.1, 0.15) is 0 Å². The molecule has 2 rings (SSSR count). The Morgan fingerprint density at radius 3 is 2.37 bits per heavy atom. The molecular weight excluding hydrogens is 261 g/mol. The summed E-state index contributed by atoms with van der Waals surface area (Å²) in [4.78, 5) is 18.1. The van der Waals surface area contributed by atoms with E-state index in [4.69, 9.17) is 5.11 Å². The molecule has 0 fully saturated rings. The number of carboxylic acids is 1. The lowest BCUT2D eigenvalue weighted by molar-refractivity contribution is -0.137. The molecule has 2 heterocycles. The third-order valence-corrected chi connectivity index (χ3v) is 2.41. The van der Waals surface area contributed by atoms with E-state index < -0.39 is 23.4 Å². The number of aromatic carboxylic acids is 1. The van der Waals surface area contributed by atoms with Crippen molar-refractivity contribution in [3.63, 3.8) is 0 Å². The first-order valence-electron chi connectivity index (χ1n) is 5.10. The molecule has 0 saturated carbocycles. The predicted molar refractivity (Wildman–Crippen MR) is 59.4 cm³/mol. The molecule has 2 aromatic rings. The van der Waals surface area contributed by atoms with Crippen LogP contribution in [0.4, 0.5) is 13.2 Å². The summed E-state index contributed by atoms with van der Waals surface area (Å²) in [7, 11) is 0. The van der Waals surface area contributed by atoms with Crippen LogP contribution in [0.3, 0.4) is 0 Å². The fourth-order valence-electron chi connectivity index (χ4n) is 1.54. The molecule has 98 valence electrons. The van der Waals surface area contributed by atoms with Gasteiger partial charge in [-0.05, 0) is 23.8 Å². The molecular formula is C12H7F3N2O2. The fraction of sp³-hybridized carbons (Fsp3) is 0.0833. The third kappa shape index (κ3) is 2.70. The van der Waals surface area contributed by atoms with Gasteiger partial charge in [0, 0.05) is 24.2 Å². The smallest absolute Gasteiger partial charge is 0.417 e. The molecule has 1 N–H and O–H groups in total. The van der Waals surface area contributed by atoms with Crippen molar-refractivity contribution in [3.8, 4) is 11.1 Å². The summed E-state index contributed by atoms with van der Waals surface area (Å²) in [6.45, 7) is 0. The highest BCUT2D eigenvalue weighted by molar-refractivity contribution is 5.93. The lowest BCUT2D eigenvalue weighted by atomic mass is 10.0. The van der Waals surface area contributed by atoms with Crippen molar-refractivity contribution in [3.05, 3.63) is 48.0 Å². The monoisotopic (exact) mass is 268 g/mol. The van der Waals surface area contributed by atoms with E-state index in [0.29, 0.717) is 11.8 Å². The fourth-order valence-corrected chi connectivity index (χ4v) is 1.54. The van der Waals surface area contributed by atoms with E-state index in [1.54, 1.807) is 0 Å². The zero-order chi connectivity index (χ0) is 14.0. The van der Waals surface area contributed by atoms with Crippen LogP contribution >= 0.6 is 0 Å². The van der Waals surface area contributed by atoms with E-state index in [0.717, 1.165) is 6.07 Å². The molecule has 0 atom stereocenters.